The average molecular weight is 304 g/mol. The van der Waals surface area contributed by atoms with Gasteiger partial charge in [-0.2, -0.15) is 0 Å². The summed E-state index contributed by atoms with van der Waals surface area (Å²) >= 11 is 5.89. The monoisotopic (exact) mass is 303 g/mol. The lowest BCUT2D eigenvalue weighted by molar-refractivity contribution is 0.0980. The van der Waals surface area contributed by atoms with E-state index in [2.05, 4.69) is 14.5 Å². The summed E-state index contributed by atoms with van der Waals surface area (Å²) in [6, 6.07) is 7.38. The molecule has 0 aliphatic carbocycles. The van der Waals surface area contributed by atoms with Crippen LogP contribution >= 0.6 is 11.6 Å². The summed E-state index contributed by atoms with van der Waals surface area (Å²) in [6.07, 6.45) is 4.14. The van der Waals surface area contributed by atoms with Crippen LogP contribution in [-0.2, 0) is 11.3 Å². The Labute approximate surface area is 126 Å². The Balaban J connectivity index is 1.84. The fourth-order valence-electron chi connectivity index (χ4n) is 2.75. The Hall–Kier alpha value is -1.85. The zero-order valence-electron chi connectivity index (χ0n) is 11.3. The summed E-state index contributed by atoms with van der Waals surface area (Å²) < 4.78 is 13.3. The number of aromatic nitrogens is 3. The molecule has 1 fully saturated rings. The van der Waals surface area contributed by atoms with E-state index in [1.54, 1.807) is 12.3 Å². The number of imidazole rings is 1. The topological polar surface area (TPSA) is 53.1 Å². The minimum atomic E-state index is 0.202. The standard InChI is InChI=1S/C15H14ClN3O2/c16-13-6-5-12(21-13)15-18-11-4-1-7-17-14(11)19(15)9-10-3-2-8-20-10/h1,4-7,10H,2-3,8-9H2. The van der Waals surface area contributed by atoms with E-state index in [0.717, 1.165) is 43.0 Å². The van der Waals surface area contributed by atoms with Gasteiger partial charge in [0.15, 0.2) is 22.5 Å². The van der Waals surface area contributed by atoms with Crippen molar-refractivity contribution in [3.8, 4) is 11.6 Å². The molecule has 0 radical (unpaired) electrons. The molecule has 1 saturated heterocycles. The van der Waals surface area contributed by atoms with Crippen molar-refractivity contribution in [2.45, 2.75) is 25.5 Å². The molecule has 21 heavy (non-hydrogen) atoms. The molecule has 4 heterocycles. The zero-order valence-corrected chi connectivity index (χ0v) is 12.1. The number of furan rings is 1. The van der Waals surface area contributed by atoms with Gasteiger partial charge < -0.3 is 13.7 Å². The van der Waals surface area contributed by atoms with E-state index in [1.165, 1.54) is 0 Å². The van der Waals surface area contributed by atoms with Gasteiger partial charge in [0.05, 0.1) is 12.6 Å². The molecular weight excluding hydrogens is 290 g/mol. The van der Waals surface area contributed by atoms with Crippen LogP contribution in [0.15, 0.2) is 34.9 Å². The lowest BCUT2D eigenvalue weighted by atomic mass is 10.2. The van der Waals surface area contributed by atoms with Gasteiger partial charge in [-0.3, -0.25) is 0 Å². The minimum absolute atomic E-state index is 0.202. The molecule has 6 heteroatoms. The van der Waals surface area contributed by atoms with Gasteiger partial charge in [-0.25, -0.2) is 9.97 Å². The van der Waals surface area contributed by atoms with E-state index in [9.17, 15) is 0 Å². The maximum Gasteiger partial charge on any atom is 0.194 e. The highest BCUT2D eigenvalue weighted by atomic mass is 35.5. The lowest BCUT2D eigenvalue weighted by Gasteiger charge is -2.12. The third-order valence-corrected chi connectivity index (χ3v) is 3.91. The maximum atomic E-state index is 5.89. The molecule has 0 spiro atoms. The predicted molar refractivity (Wildman–Crippen MR) is 79.2 cm³/mol. The molecular formula is C15H14ClN3O2. The Bertz CT molecular complexity index is 774. The van der Waals surface area contributed by atoms with Gasteiger partial charge in [-0.05, 0) is 48.7 Å². The first-order valence-electron chi connectivity index (χ1n) is 7.00. The second-order valence-electron chi connectivity index (χ2n) is 5.13. The van der Waals surface area contributed by atoms with E-state index in [0.29, 0.717) is 11.0 Å². The van der Waals surface area contributed by atoms with Crippen LogP contribution in [0.2, 0.25) is 5.22 Å². The highest BCUT2D eigenvalue weighted by molar-refractivity contribution is 6.28. The second-order valence-corrected chi connectivity index (χ2v) is 5.50. The molecule has 1 atom stereocenters. The Morgan fingerprint density at radius 2 is 2.29 bits per heavy atom. The van der Waals surface area contributed by atoms with Crippen molar-refractivity contribution in [2.24, 2.45) is 0 Å². The number of rotatable bonds is 3. The fourth-order valence-corrected chi connectivity index (χ4v) is 2.89. The van der Waals surface area contributed by atoms with Gasteiger partial charge >= 0.3 is 0 Å². The van der Waals surface area contributed by atoms with E-state index < -0.39 is 0 Å². The van der Waals surface area contributed by atoms with Crippen LogP contribution in [0.3, 0.4) is 0 Å². The van der Waals surface area contributed by atoms with Gasteiger partial charge in [0.2, 0.25) is 0 Å². The largest absolute Gasteiger partial charge is 0.441 e. The SMILES string of the molecule is Clc1ccc(-c2nc3cccnc3n2CC2CCCO2)o1. The number of fused-ring (bicyclic) bond motifs is 1. The smallest absolute Gasteiger partial charge is 0.194 e. The molecule has 0 bridgehead atoms. The van der Waals surface area contributed by atoms with Crippen molar-refractivity contribution < 1.29 is 9.15 Å². The fraction of sp³-hybridized carbons (Fsp3) is 0.333. The molecule has 0 saturated carbocycles. The normalized spacial score (nSPS) is 18.6. The molecule has 0 N–H and O–H groups in total. The first-order valence-corrected chi connectivity index (χ1v) is 7.37. The van der Waals surface area contributed by atoms with Crippen molar-refractivity contribution in [1.29, 1.82) is 0 Å². The highest BCUT2D eigenvalue weighted by Crippen LogP contribution is 2.28. The van der Waals surface area contributed by atoms with Crippen LogP contribution in [0.4, 0.5) is 0 Å². The van der Waals surface area contributed by atoms with E-state index >= 15 is 0 Å². The van der Waals surface area contributed by atoms with Gasteiger partial charge in [0.25, 0.3) is 0 Å². The number of hydrogen-bond donors (Lipinski definition) is 0. The number of pyridine rings is 1. The molecule has 1 aliphatic heterocycles. The second kappa shape index (κ2) is 5.16. The summed E-state index contributed by atoms with van der Waals surface area (Å²) in [5, 5.41) is 0.355. The van der Waals surface area contributed by atoms with Crippen LogP contribution in [0.5, 0.6) is 0 Å². The van der Waals surface area contributed by atoms with Crippen LogP contribution in [0.1, 0.15) is 12.8 Å². The molecule has 5 nitrogen and oxygen atoms in total. The van der Waals surface area contributed by atoms with Crippen LogP contribution < -0.4 is 0 Å². The molecule has 3 aromatic rings. The van der Waals surface area contributed by atoms with Gasteiger partial charge in [-0.15, -0.1) is 0 Å². The summed E-state index contributed by atoms with van der Waals surface area (Å²) in [7, 11) is 0. The molecule has 3 aromatic heterocycles. The molecule has 0 aromatic carbocycles. The quantitative estimate of drug-likeness (QED) is 0.743. The molecule has 1 unspecified atom stereocenters. The average Bonchev–Trinajstić information content (AvgIpc) is 3.20. The third kappa shape index (κ3) is 2.32. The zero-order chi connectivity index (χ0) is 14.2. The van der Waals surface area contributed by atoms with Crippen LogP contribution in [0, 0.1) is 0 Å². The van der Waals surface area contributed by atoms with E-state index in [1.807, 2.05) is 18.2 Å². The summed E-state index contributed by atoms with van der Waals surface area (Å²) in [4.78, 5) is 9.08. The Morgan fingerprint density at radius 3 is 3.05 bits per heavy atom. The number of hydrogen-bond acceptors (Lipinski definition) is 4. The molecule has 108 valence electrons. The van der Waals surface area contributed by atoms with Crippen molar-refractivity contribution in [2.75, 3.05) is 6.61 Å². The van der Waals surface area contributed by atoms with Gasteiger partial charge in [-0.1, -0.05) is 0 Å². The first kappa shape index (κ1) is 12.9. The summed E-state index contributed by atoms with van der Waals surface area (Å²) in [5.41, 5.74) is 1.69. The van der Waals surface area contributed by atoms with E-state index in [4.69, 9.17) is 20.8 Å². The summed E-state index contributed by atoms with van der Waals surface area (Å²) in [5.74, 6) is 1.39. The predicted octanol–water partition coefficient (Wildman–Crippen LogP) is 3.52. The third-order valence-electron chi connectivity index (χ3n) is 3.71. The molecule has 0 amide bonds. The van der Waals surface area contributed by atoms with Gasteiger partial charge in [0, 0.05) is 12.8 Å². The molecule has 1 aliphatic rings. The number of halogens is 1. The number of ether oxygens (including phenoxy) is 1. The Morgan fingerprint density at radius 1 is 1.33 bits per heavy atom. The van der Waals surface area contributed by atoms with Crippen molar-refractivity contribution in [3.05, 3.63) is 35.7 Å². The highest BCUT2D eigenvalue weighted by Gasteiger charge is 2.22. The minimum Gasteiger partial charge on any atom is -0.441 e. The van der Waals surface area contributed by atoms with Crippen LogP contribution in [-0.4, -0.2) is 27.2 Å². The van der Waals surface area contributed by atoms with E-state index in [-0.39, 0.29) is 6.10 Å². The summed E-state index contributed by atoms with van der Waals surface area (Å²) in [6.45, 7) is 1.55. The lowest BCUT2D eigenvalue weighted by Crippen LogP contribution is -2.16. The van der Waals surface area contributed by atoms with Gasteiger partial charge in [0.1, 0.15) is 5.52 Å². The molecule has 4 rings (SSSR count). The van der Waals surface area contributed by atoms with Crippen molar-refractivity contribution >= 4 is 22.8 Å². The Kier molecular flexibility index (Phi) is 3.16. The number of nitrogens with zero attached hydrogens (tertiary/aromatic N) is 3. The first-order chi connectivity index (χ1) is 10.3. The van der Waals surface area contributed by atoms with Crippen LogP contribution in [0.25, 0.3) is 22.7 Å². The maximum absolute atomic E-state index is 5.89. The van der Waals surface area contributed by atoms with Crippen molar-refractivity contribution in [1.82, 2.24) is 14.5 Å². The van der Waals surface area contributed by atoms with Crippen molar-refractivity contribution in [3.63, 3.8) is 0 Å².